The number of carbonyl (C=O) groups is 3. The fourth-order valence-electron chi connectivity index (χ4n) is 5.86. The Balaban J connectivity index is 1.30. The molecule has 3 amide bonds. The van der Waals surface area contributed by atoms with Gasteiger partial charge in [-0.1, -0.05) is 94.8 Å². The molecule has 3 heterocycles. The summed E-state index contributed by atoms with van der Waals surface area (Å²) in [6.07, 6.45) is 0. The number of thioether (sulfide) groups is 1. The summed E-state index contributed by atoms with van der Waals surface area (Å²) < 4.78 is 15.0. The third-order valence-electron chi connectivity index (χ3n) is 7.82. The summed E-state index contributed by atoms with van der Waals surface area (Å²) in [6, 6.07) is 23.3. The third kappa shape index (κ3) is 4.73. The number of nitrogens with zero attached hydrogens (tertiary/aromatic N) is 2. The number of aromatic nitrogens is 1. The fraction of sp³-hybridized carbons (Fsp3) is 0.125. The molecule has 1 N–H and O–H groups in total. The van der Waals surface area contributed by atoms with Crippen molar-refractivity contribution in [2.24, 2.45) is 5.92 Å². The highest BCUT2D eigenvalue weighted by Gasteiger charge is 2.57. The lowest BCUT2D eigenvalue weighted by atomic mass is 9.83. The molecular weight excluding hydrogens is 644 g/mol. The predicted octanol–water partition coefficient (Wildman–Crippen LogP) is 6.94. The second-order valence-electron chi connectivity index (χ2n) is 10.4. The molecule has 7 rings (SSSR count). The number of fused-ring (bicyclic) bond motifs is 3. The first kappa shape index (κ1) is 28.8. The molecule has 2 aliphatic heterocycles. The van der Waals surface area contributed by atoms with Crippen LogP contribution in [0.1, 0.15) is 16.4 Å². The maximum Gasteiger partial charge on any atom is 0.308 e. The van der Waals surface area contributed by atoms with Gasteiger partial charge in [-0.3, -0.25) is 23.7 Å². The molecule has 4 aromatic carbocycles. The van der Waals surface area contributed by atoms with Crippen molar-refractivity contribution in [2.75, 3.05) is 10.2 Å². The summed E-state index contributed by atoms with van der Waals surface area (Å²) in [6.45, 7) is -0.307. The minimum atomic E-state index is -0.929. The van der Waals surface area contributed by atoms with E-state index < -0.39 is 45.5 Å². The second kappa shape index (κ2) is 11.2. The van der Waals surface area contributed by atoms with Gasteiger partial charge in [0.15, 0.2) is 0 Å². The van der Waals surface area contributed by atoms with Gasteiger partial charge in [0.25, 0.3) is 0 Å². The molecular formula is C32H20Cl2FN3O4S2. The number of amides is 3. The number of thiazole rings is 1. The number of imide groups is 1. The van der Waals surface area contributed by atoms with E-state index in [2.05, 4.69) is 5.32 Å². The summed E-state index contributed by atoms with van der Waals surface area (Å²) in [5, 5.41) is 4.67. The number of hydrogen-bond donors (Lipinski definition) is 1. The van der Waals surface area contributed by atoms with Gasteiger partial charge < -0.3 is 5.32 Å². The monoisotopic (exact) mass is 663 g/mol. The van der Waals surface area contributed by atoms with Gasteiger partial charge in [0.05, 0.1) is 26.7 Å². The number of hydrogen-bond acceptors (Lipinski definition) is 6. The molecule has 12 heteroatoms. The van der Waals surface area contributed by atoms with Gasteiger partial charge in [0, 0.05) is 21.9 Å². The van der Waals surface area contributed by atoms with Crippen molar-refractivity contribution in [2.45, 2.75) is 22.7 Å². The molecule has 7 nitrogen and oxygen atoms in total. The van der Waals surface area contributed by atoms with Crippen LogP contribution < -0.4 is 15.1 Å². The molecule has 0 spiro atoms. The van der Waals surface area contributed by atoms with Crippen LogP contribution in [0.4, 0.5) is 15.8 Å². The van der Waals surface area contributed by atoms with Gasteiger partial charge in [0.2, 0.25) is 17.7 Å². The maximum absolute atomic E-state index is 14.0. The summed E-state index contributed by atoms with van der Waals surface area (Å²) in [7, 11) is 0. The molecule has 3 atom stereocenters. The van der Waals surface area contributed by atoms with E-state index in [0.29, 0.717) is 21.2 Å². The third-order valence-corrected chi connectivity index (χ3v) is 11.3. The van der Waals surface area contributed by atoms with E-state index in [4.69, 9.17) is 23.2 Å². The van der Waals surface area contributed by atoms with Crippen LogP contribution in [0.5, 0.6) is 0 Å². The number of anilines is 2. The molecule has 0 aliphatic carbocycles. The highest BCUT2D eigenvalue weighted by molar-refractivity contribution is 8.00. The molecule has 1 saturated heterocycles. The van der Waals surface area contributed by atoms with Crippen LogP contribution in [0.25, 0.3) is 10.8 Å². The van der Waals surface area contributed by atoms with Crippen LogP contribution in [0.15, 0.2) is 94.7 Å². The SMILES string of the molecule is O=C(Cn1c2c(sc1=O)[C@@H](c1cccc(Cl)c1Cl)[C@@H]1C(=O)N(c3ccc(F)cc3)C(=O)[C@@H]1S2)Nc1cccc2ccccc12. The van der Waals surface area contributed by atoms with Gasteiger partial charge in [-0.15, -0.1) is 0 Å². The summed E-state index contributed by atoms with van der Waals surface area (Å²) in [5.41, 5.74) is 1.34. The van der Waals surface area contributed by atoms with E-state index in [0.717, 1.165) is 38.8 Å². The Morgan fingerprint density at radius 2 is 1.61 bits per heavy atom. The minimum Gasteiger partial charge on any atom is -0.324 e. The molecule has 0 bridgehead atoms. The number of nitrogens with one attached hydrogen (secondary N) is 1. The first-order valence-electron chi connectivity index (χ1n) is 13.5. The molecule has 220 valence electrons. The van der Waals surface area contributed by atoms with Crippen molar-refractivity contribution in [3.8, 4) is 0 Å². The lowest BCUT2D eigenvalue weighted by Crippen LogP contribution is -2.33. The van der Waals surface area contributed by atoms with E-state index in [-0.39, 0.29) is 22.3 Å². The van der Waals surface area contributed by atoms with Gasteiger partial charge >= 0.3 is 4.87 Å². The highest BCUT2D eigenvalue weighted by Crippen LogP contribution is 2.55. The Labute approximate surface area is 268 Å². The number of halogens is 3. The smallest absolute Gasteiger partial charge is 0.308 e. The van der Waals surface area contributed by atoms with Gasteiger partial charge in [-0.25, -0.2) is 9.29 Å². The number of benzene rings is 4. The first-order valence-corrected chi connectivity index (χ1v) is 15.9. The zero-order chi connectivity index (χ0) is 30.7. The molecule has 1 fully saturated rings. The molecule has 5 aromatic rings. The van der Waals surface area contributed by atoms with Crippen molar-refractivity contribution < 1.29 is 18.8 Å². The van der Waals surface area contributed by atoms with Crippen LogP contribution in [-0.4, -0.2) is 27.5 Å². The first-order chi connectivity index (χ1) is 21.2. The van der Waals surface area contributed by atoms with Gasteiger partial charge in [0.1, 0.15) is 17.6 Å². The van der Waals surface area contributed by atoms with E-state index >= 15 is 0 Å². The average molecular weight is 665 g/mol. The van der Waals surface area contributed by atoms with Crippen LogP contribution in [-0.2, 0) is 20.9 Å². The predicted molar refractivity (Wildman–Crippen MR) is 171 cm³/mol. The van der Waals surface area contributed by atoms with Crippen molar-refractivity contribution in [1.29, 1.82) is 0 Å². The van der Waals surface area contributed by atoms with E-state index in [1.54, 1.807) is 24.3 Å². The van der Waals surface area contributed by atoms with Crippen molar-refractivity contribution in [3.05, 3.63) is 121 Å². The van der Waals surface area contributed by atoms with Crippen LogP contribution >= 0.6 is 46.3 Å². The Bertz CT molecular complexity index is 2060. The van der Waals surface area contributed by atoms with Gasteiger partial charge in [-0.05, 0) is 47.3 Å². The Kier molecular flexibility index (Phi) is 7.32. The number of rotatable bonds is 5. The highest BCUT2D eigenvalue weighted by atomic mass is 35.5. The zero-order valence-corrected chi connectivity index (χ0v) is 25.6. The van der Waals surface area contributed by atoms with Crippen molar-refractivity contribution >= 4 is 86.2 Å². The lowest BCUT2D eigenvalue weighted by Gasteiger charge is -2.31. The number of carbonyl (C=O) groups excluding carboxylic acids is 3. The summed E-state index contributed by atoms with van der Waals surface area (Å²) in [5.74, 6) is -3.63. The zero-order valence-electron chi connectivity index (χ0n) is 22.5. The topological polar surface area (TPSA) is 88.5 Å². The summed E-state index contributed by atoms with van der Waals surface area (Å²) in [4.78, 5) is 55.8. The van der Waals surface area contributed by atoms with Gasteiger partial charge in [-0.2, -0.15) is 0 Å². The molecule has 0 radical (unpaired) electrons. The Morgan fingerprint density at radius 1 is 0.886 bits per heavy atom. The standard InChI is InChI=1S/C32H20Cl2FN3O4S2/c33-21-9-4-8-20(26(21)34)24-25-27(30(41)38(29(25)40)18-13-11-17(35)12-14-18)43-31-28(24)44-32(42)37(31)15-23(39)36-22-10-3-6-16-5-1-2-7-19(16)22/h1-14,24-25,27H,15H2,(H,36,39)/t24-,25-,27+/m0/s1. The average Bonchev–Trinajstić information content (AvgIpc) is 3.45. The fourth-order valence-corrected chi connectivity index (χ4v) is 9.05. The van der Waals surface area contributed by atoms with Crippen LogP contribution in [0, 0.1) is 11.7 Å². The molecule has 2 aliphatic rings. The van der Waals surface area contributed by atoms with E-state index in [1.165, 1.54) is 28.8 Å². The maximum atomic E-state index is 14.0. The largest absolute Gasteiger partial charge is 0.324 e. The van der Waals surface area contributed by atoms with Crippen molar-refractivity contribution in [3.63, 3.8) is 0 Å². The van der Waals surface area contributed by atoms with Crippen LogP contribution in [0.2, 0.25) is 10.0 Å². The lowest BCUT2D eigenvalue weighted by molar-refractivity contribution is -0.122. The van der Waals surface area contributed by atoms with Crippen molar-refractivity contribution in [1.82, 2.24) is 4.57 Å². The summed E-state index contributed by atoms with van der Waals surface area (Å²) >= 11 is 15.0. The molecule has 0 unspecified atom stereocenters. The minimum absolute atomic E-state index is 0.206. The Morgan fingerprint density at radius 3 is 2.41 bits per heavy atom. The molecule has 0 saturated carbocycles. The van der Waals surface area contributed by atoms with E-state index in [9.17, 15) is 23.6 Å². The van der Waals surface area contributed by atoms with E-state index in [1.807, 2.05) is 36.4 Å². The molecule has 44 heavy (non-hydrogen) atoms. The molecule has 1 aromatic heterocycles. The normalized spacial score (nSPS) is 19.2. The quantitative estimate of drug-likeness (QED) is 0.206. The Hall–Kier alpha value is -3.96. The second-order valence-corrected chi connectivity index (χ2v) is 13.3. The van der Waals surface area contributed by atoms with Crippen LogP contribution in [0.3, 0.4) is 0 Å².